The Hall–Kier alpha value is -0.170. The van der Waals surface area contributed by atoms with Gasteiger partial charge in [-0.2, -0.15) is 17.0 Å². The Morgan fingerprint density at radius 1 is 1.12 bits per heavy atom. The molecule has 0 radical (unpaired) electrons. The number of rotatable bonds is 2. The topological polar surface area (TPSA) is 60.9 Å². The zero-order chi connectivity index (χ0) is 11.8. The SMILES string of the molecule is CC1CCCN(S(=O)(=O)N2CCC(O)C2)C1. The second-order valence-corrected chi connectivity index (χ2v) is 6.84. The number of hydrogen-bond donors (Lipinski definition) is 1. The van der Waals surface area contributed by atoms with Crippen molar-refractivity contribution in [3.8, 4) is 0 Å². The lowest BCUT2D eigenvalue weighted by molar-refractivity contribution is 0.186. The van der Waals surface area contributed by atoms with Crippen LogP contribution in [0.4, 0.5) is 0 Å². The van der Waals surface area contributed by atoms with Crippen molar-refractivity contribution in [2.24, 2.45) is 5.92 Å². The highest BCUT2D eigenvalue weighted by Crippen LogP contribution is 2.23. The summed E-state index contributed by atoms with van der Waals surface area (Å²) in [7, 11) is -3.32. The van der Waals surface area contributed by atoms with E-state index in [2.05, 4.69) is 6.92 Å². The maximum absolute atomic E-state index is 12.2. The molecular weight excluding hydrogens is 228 g/mol. The summed E-state index contributed by atoms with van der Waals surface area (Å²) >= 11 is 0. The summed E-state index contributed by atoms with van der Waals surface area (Å²) < 4.78 is 27.4. The van der Waals surface area contributed by atoms with Gasteiger partial charge in [-0.05, 0) is 25.2 Å². The lowest BCUT2D eigenvalue weighted by atomic mass is 10.0. The molecule has 2 rings (SSSR count). The minimum atomic E-state index is -3.32. The molecule has 0 aromatic carbocycles. The first-order valence-corrected chi connectivity index (χ1v) is 7.33. The van der Waals surface area contributed by atoms with Gasteiger partial charge in [0.05, 0.1) is 6.10 Å². The predicted octanol–water partition coefficient (Wildman–Crippen LogP) is 0.0297. The Kier molecular flexibility index (Phi) is 3.53. The van der Waals surface area contributed by atoms with Gasteiger partial charge >= 0.3 is 0 Å². The van der Waals surface area contributed by atoms with Gasteiger partial charge in [0.1, 0.15) is 0 Å². The van der Waals surface area contributed by atoms with Crippen molar-refractivity contribution in [3.63, 3.8) is 0 Å². The predicted molar refractivity (Wildman–Crippen MR) is 61.1 cm³/mol. The van der Waals surface area contributed by atoms with Crippen molar-refractivity contribution in [1.29, 1.82) is 0 Å². The van der Waals surface area contributed by atoms with Gasteiger partial charge in [0.15, 0.2) is 0 Å². The average Bonchev–Trinajstić information content (AvgIpc) is 2.65. The van der Waals surface area contributed by atoms with Crippen molar-refractivity contribution >= 4 is 10.2 Å². The number of β-amino-alcohol motifs (C(OH)–C–C–N with tert-alkyl or cyclic N) is 1. The second-order valence-electron chi connectivity index (χ2n) is 4.91. The first-order valence-electron chi connectivity index (χ1n) is 5.93. The van der Waals surface area contributed by atoms with E-state index >= 15 is 0 Å². The van der Waals surface area contributed by atoms with Crippen LogP contribution in [0.5, 0.6) is 0 Å². The molecule has 2 aliphatic rings. The molecule has 0 bridgehead atoms. The summed E-state index contributed by atoms with van der Waals surface area (Å²) in [6, 6.07) is 0. The van der Waals surface area contributed by atoms with E-state index in [1.165, 1.54) is 4.31 Å². The highest BCUT2D eigenvalue weighted by atomic mass is 32.2. The lowest BCUT2D eigenvalue weighted by Gasteiger charge is -2.32. The van der Waals surface area contributed by atoms with E-state index in [1.54, 1.807) is 4.31 Å². The number of nitrogens with zero attached hydrogens (tertiary/aromatic N) is 2. The third-order valence-corrected chi connectivity index (χ3v) is 5.37. The van der Waals surface area contributed by atoms with Crippen molar-refractivity contribution in [2.45, 2.75) is 32.3 Å². The van der Waals surface area contributed by atoms with Gasteiger partial charge in [0, 0.05) is 26.2 Å². The first-order chi connectivity index (χ1) is 7.50. The van der Waals surface area contributed by atoms with Gasteiger partial charge in [-0.25, -0.2) is 0 Å². The fraction of sp³-hybridized carbons (Fsp3) is 1.00. The van der Waals surface area contributed by atoms with Crippen molar-refractivity contribution in [1.82, 2.24) is 8.61 Å². The maximum Gasteiger partial charge on any atom is 0.282 e. The molecule has 0 aromatic heterocycles. The van der Waals surface area contributed by atoms with Crippen LogP contribution in [0.1, 0.15) is 26.2 Å². The minimum absolute atomic E-state index is 0.257. The summed E-state index contributed by atoms with van der Waals surface area (Å²) in [5, 5.41) is 9.39. The van der Waals surface area contributed by atoms with E-state index < -0.39 is 16.3 Å². The van der Waals surface area contributed by atoms with Crippen LogP contribution in [0.3, 0.4) is 0 Å². The molecule has 94 valence electrons. The normalized spacial score (nSPS) is 34.4. The van der Waals surface area contributed by atoms with E-state index in [0.29, 0.717) is 32.0 Å². The van der Waals surface area contributed by atoms with Gasteiger partial charge in [-0.1, -0.05) is 6.92 Å². The quantitative estimate of drug-likeness (QED) is 0.750. The highest BCUT2D eigenvalue weighted by molar-refractivity contribution is 7.86. The summed E-state index contributed by atoms with van der Waals surface area (Å²) in [6.07, 6.45) is 2.12. The van der Waals surface area contributed by atoms with Crippen molar-refractivity contribution in [3.05, 3.63) is 0 Å². The van der Waals surface area contributed by atoms with Gasteiger partial charge in [0.25, 0.3) is 10.2 Å². The Balaban J connectivity index is 2.06. The standard InChI is InChI=1S/C10H20N2O3S/c1-9-3-2-5-11(7-9)16(14,15)12-6-4-10(13)8-12/h9-10,13H,2-8H2,1H3. The molecule has 0 aromatic rings. The van der Waals surface area contributed by atoms with E-state index in [-0.39, 0.29) is 6.54 Å². The van der Waals surface area contributed by atoms with Crippen molar-refractivity contribution < 1.29 is 13.5 Å². The Labute approximate surface area is 97.2 Å². The number of aliphatic hydroxyl groups excluding tert-OH is 1. The van der Waals surface area contributed by atoms with Crippen LogP contribution in [0.25, 0.3) is 0 Å². The smallest absolute Gasteiger partial charge is 0.282 e. The molecular formula is C10H20N2O3S. The molecule has 2 heterocycles. The average molecular weight is 248 g/mol. The van der Waals surface area contributed by atoms with Gasteiger partial charge in [0.2, 0.25) is 0 Å². The Morgan fingerprint density at radius 3 is 2.38 bits per heavy atom. The van der Waals surface area contributed by atoms with Gasteiger partial charge in [-0.15, -0.1) is 0 Å². The molecule has 2 saturated heterocycles. The summed E-state index contributed by atoms with van der Waals surface area (Å²) in [5.41, 5.74) is 0. The van der Waals surface area contributed by atoms with Crippen LogP contribution in [-0.2, 0) is 10.2 Å². The molecule has 2 atom stereocenters. The minimum Gasteiger partial charge on any atom is -0.392 e. The molecule has 2 aliphatic heterocycles. The van der Waals surface area contributed by atoms with Crippen LogP contribution in [0.2, 0.25) is 0 Å². The van der Waals surface area contributed by atoms with Gasteiger partial charge < -0.3 is 5.11 Å². The van der Waals surface area contributed by atoms with Crippen LogP contribution < -0.4 is 0 Å². The zero-order valence-electron chi connectivity index (χ0n) is 9.67. The van der Waals surface area contributed by atoms with Crippen LogP contribution in [0, 0.1) is 5.92 Å². The van der Waals surface area contributed by atoms with Crippen molar-refractivity contribution in [2.75, 3.05) is 26.2 Å². The first kappa shape index (κ1) is 12.3. The van der Waals surface area contributed by atoms with E-state index in [0.717, 1.165) is 12.8 Å². The molecule has 1 N–H and O–H groups in total. The van der Waals surface area contributed by atoms with E-state index in [4.69, 9.17) is 0 Å². The maximum atomic E-state index is 12.2. The highest BCUT2D eigenvalue weighted by Gasteiger charge is 2.36. The van der Waals surface area contributed by atoms with Crippen LogP contribution in [-0.4, -0.2) is 54.4 Å². The molecule has 0 spiro atoms. The summed E-state index contributed by atoms with van der Waals surface area (Å²) in [5.74, 6) is 0.441. The monoisotopic (exact) mass is 248 g/mol. The van der Waals surface area contributed by atoms with Crippen LogP contribution in [0.15, 0.2) is 0 Å². The second kappa shape index (κ2) is 4.60. The lowest BCUT2D eigenvalue weighted by Crippen LogP contribution is -2.47. The molecule has 2 fully saturated rings. The fourth-order valence-electron chi connectivity index (χ4n) is 2.44. The zero-order valence-corrected chi connectivity index (χ0v) is 10.5. The van der Waals surface area contributed by atoms with Gasteiger partial charge in [-0.3, -0.25) is 0 Å². The number of hydrogen-bond acceptors (Lipinski definition) is 3. The van der Waals surface area contributed by atoms with Crippen LogP contribution >= 0.6 is 0 Å². The third-order valence-electron chi connectivity index (χ3n) is 3.40. The molecule has 5 nitrogen and oxygen atoms in total. The third kappa shape index (κ3) is 2.40. The molecule has 16 heavy (non-hydrogen) atoms. The molecule has 0 saturated carbocycles. The number of piperidine rings is 1. The molecule has 0 aliphatic carbocycles. The van der Waals surface area contributed by atoms with E-state index in [1.807, 2.05) is 0 Å². The summed E-state index contributed by atoms with van der Waals surface area (Å²) in [6.45, 7) is 4.04. The molecule has 0 amide bonds. The molecule has 2 unspecified atom stereocenters. The fourth-order valence-corrected chi connectivity index (χ4v) is 4.27. The Bertz CT molecular complexity index is 344. The van der Waals surface area contributed by atoms with E-state index in [9.17, 15) is 13.5 Å². The largest absolute Gasteiger partial charge is 0.392 e. The molecule has 6 heteroatoms. The summed E-state index contributed by atoms with van der Waals surface area (Å²) in [4.78, 5) is 0. The number of aliphatic hydroxyl groups is 1. The Morgan fingerprint density at radius 2 is 1.81 bits per heavy atom.